The largest absolute Gasteiger partial charge is 0.493 e. The fraction of sp³-hybridized carbons (Fsp3) is 0.190. The lowest BCUT2D eigenvalue weighted by molar-refractivity contribution is 0.103. The smallest absolute Gasteiger partial charge is 0.203 e. The van der Waals surface area contributed by atoms with E-state index in [1.165, 1.54) is 26.9 Å². The van der Waals surface area contributed by atoms with Crippen LogP contribution in [0.3, 0.4) is 0 Å². The molecule has 0 bridgehead atoms. The van der Waals surface area contributed by atoms with E-state index in [9.17, 15) is 4.79 Å². The maximum absolute atomic E-state index is 12.9. The summed E-state index contributed by atoms with van der Waals surface area (Å²) in [4.78, 5) is 12.9. The minimum Gasteiger partial charge on any atom is -0.493 e. The average Bonchev–Trinajstić information content (AvgIpc) is 3.15. The van der Waals surface area contributed by atoms with Crippen molar-refractivity contribution in [3.05, 3.63) is 77.6 Å². The standard InChI is InChI=1S/C21H21NO4/c1-24-18-11-17(12-19(25-2)21(18)26-3)20(23)16-9-10-22(14-16)13-15-7-5-4-6-8-15/h4-12,14H,13H2,1-3H3. The number of carbonyl (C=O) groups excluding carboxylic acids is 1. The molecule has 0 radical (unpaired) electrons. The Balaban J connectivity index is 1.88. The first-order valence-electron chi connectivity index (χ1n) is 8.20. The summed E-state index contributed by atoms with van der Waals surface area (Å²) >= 11 is 0. The van der Waals surface area contributed by atoms with Crippen LogP contribution in [-0.2, 0) is 6.54 Å². The van der Waals surface area contributed by atoms with Crippen LogP contribution in [0.15, 0.2) is 60.9 Å². The highest BCUT2D eigenvalue weighted by atomic mass is 16.5. The number of ketones is 1. The predicted molar refractivity (Wildman–Crippen MR) is 99.5 cm³/mol. The third kappa shape index (κ3) is 3.57. The van der Waals surface area contributed by atoms with Crippen molar-refractivity contribution in [1.29, 1.82) is 0 Å². The normalized spacial score (nSPS) is 10.4. The van der Waals surface area contributed by atoms with E-state index in [4.69, 9.17) is 14.2 Å². The summed E-state index contributed by atoms with van der Waals surface area (Å²) in [6, 6.07) is 15.2. The van der Waals surface area contributed by atoms with Gasteiger partial charge in [-0.2, -0.15) is 0 Å². The van der Waals surface area contributed by atoms with Crippen LogP contribution in [0.1, 0.15) is 21.5 Å². The van der Waals surface area contributed by atoms with E-state index in [1.807, 2.05) is 41.2 Å². The van der Waals surface area contributed by atoms with Crippen molar-refractivity contribution in [3.63, 3.8) is 0 Å². The average molecular weight is 351 g/mol. The minimum absolute atomic E-state index is 0.101. The Morgan fingerprint density at radius 2 is 1.54 bits per heavy atom. The molecule has 0 spiro atoms. The van der Waals surface area contributed by atoms with E-state index in [0.29, 0.717) is 34.9 Å². The molecule has 0 aliphatic rings. The number of aromatic nitrogens is 1. The summed E-state index contributed by atoms with van der Waals surface area (Å²) < 4.78 is 17.9. The van der Waals surface area contributed by atoms with Gasteiger partial charge in [-0.1, -0.05) is 30.3 Å². The topological polar surface area (TPSA) is 49.7 Å². The van der Waals surface area contributed by atoms with Crippen LogP contribution in [0.25, 0.3) is 0 Å². The van der Waals surface area contributed by atoms with Gasteiger partial charge >= 0.3 is 0 Å². The molecule has 0 aliphatic heterocycles. The Kier molecular flexibility index (Phi) is 5.27. The maximum Gasteiger partial charge on any atom is 0.203 e. The second kappa shape index (κ2) is 7.78. The SMILES string of the molecule is COc1cc(C(=O)c2ccn(Cc3ccccc3)c2)cc(OC)c1OC. The second-order valence-corrected chi connectivity index (χ2v) is 5.80. The third-order valence-electron chi connectivity index (χ3n) is 4.15. The molecule has 134 valence electrons. The summed E-state index contributed by atoms with van der Waals surface area (Å²) in [5.41, 5.74) is 2.27. The van der Waals surface area contributed by atoms with Crippen LogP contribution in [0, 0.1) is 0 Å². The van der Waals surface area contributed by atoms with E-state index >= 15 is 0 Å². The zero-order chi connectivity index (χ0) is 18.5. The molecule has 0 saturated carbocycles. The Morgan fingerprint density at radius 1 is 0.885 bits per heavy atom. The van der Waals surface area contributed by atoms with Crippen molar-refractivity contribution in [2.45, 2.75) is 6.54 Å². The summed E-state index contributed by atoms with van der Waals surface area (Å²) in [6.07, 6.45) is 3.75. The molecule has 0 aliphatic carbocycles. The molecule has 0 atom stereocenters. The van der Waals surface area contributed by atoms with Gasteiger partial charge in [0.15, 0.2) is 17.3 Å². The third-order valence-corrected chi connectivity index (χ3v) is 4.15. The molecule has 0 saturated heterocycles. The van der Waals surface area contributed by atoms with Gasteiger partial charge in [0.1, 0.15) is 0 Å². The number of methoxy groups -OCH3 is 3. The molecule has 3 aromatic rings. The van der Waals surface area contributed by atoms with Crippen LogP contribution in [-0.4, -0.2) is 31.7 Å². The van der Waals surface area contributed by atoms with Crippen molar-refractivity contribution < 1.29 is 19.0 Å². The van der Waals surface area contributed by atoms with Crippen molar-refractivity contribution in [1.82, 2.24) is 4.57 Å². The highest BCUT2D eigenvalue weighted by Gasteiger charge is 2.18. The van der Waals surface area contributed by atoms with Crippen LogP contribution in [0.2, 0.25) is 0 Å². The molecule has 0 fully saturated rings. The first-order chi connectivity index (χ1) is 12.7. The molecule has 26 heavy (non-hydrogen) atoms. The molecule has 2 aromatic carbocycles. The van der Waals surface area contributed by atoms with Crippen LogP contribution in [0.4, 0.5) is 0 Å². The van der Waals surface area contributed by atoms with Gasteiger partial charge in [-0.25, -0.2) is 0 Å². The van der Waals surface area contributed by atoms with Crippen LogP contribution in [0.5, 0.6) is 17.2 Å². The highest BCUT2D eigenvalue weighted by Crippen LogP contribution is 2.38. The number of hydrogen-bond donors (Lipinski definition) is 0. The van der Waals surface area contributed by atoms with E-state index < -0.39 is 0 Å². The molecular formula is C21H21NO4. The zero-order valence-corrected chi connectivity index (χ0v) is 15.1. The van der Waals surface area contributed by atoms with Crippen LogP contribution < -0.4 is 14.2 Å². The molecule has 5 nitrogen and oxygen atoms in total. The molecule has 1 heterocycles. The molecule has 3 rings (SSSR count). The fourth-order valence-electron chi connectivity index (χ4n) is 2.85. The number of ether oxygens (including phenoxy) is 3. The monoisotopic (exact) mass is 351 g/mol. The van der Waals surface area contributed by atoms with Gasteiger partial charge in [0.2, 0.25) is 5.75 Å². The second-order valence-electron chi connectivity index (χ2n) is 5.80. The van der Waals surface area contributed by atoms with Gasteiger partial charge in [0.25, 0.3) is 0 Å². The van der Waals surface area contributed by atoms with Crippen LogP contribution >= 0.6 is 0 Å². The number of carbonyl (C=O) groups is 1. The minimum atomic E-state index is -0.101. The molecule has 0 unspecified atom stereocenters. The van der Waals surface area contributed by atoms with E-state index in [2.05, 4.69) is 12.1 Å². The molecular weight excluding hydrogens is 330 g/mol. The summed E-state index contributed by atoms with van der Waals surface area (Å²) in [6.45, 7) is 0.712. The van der Waals surface area contributed by atoms with Gasteiger partial charge in [0, 0.05) is 30.1 Å². The van der Waals surface area contributed by atoms with Gasteiger partial charge < -0.3 is 18.8 Å². The quantitative estimate of drug-likeness (QED) is 0.608. The molecule has 0 N–H and O–H groups in total. The van der Waals surface area contributed by atoms with Crippen molar-refractivity contribution >= 4 is 5.78 Å². The Bertz CT molecular complexity index is 874. The lowest BCUT2D eigenvalue weighted by Crippen LogP contribution is -2.04. The Labute approximate surface area is 152 Å². The lowest BCUT2D eigenvalue weighted by Gasteiger charge is -2.13. The van der Waals surface area contributed by atoms with E-state index in [0.717, 1.165) is 0 Å². The Hall–Kier alpha value is -3.21. The van der Waals surface area contributed by atoms with Crippen molar-refractivity contribution in [2.75, 3.05) is 21.3 Å². The van der Waals surface area contributed by atoms with Gasteiger partial charge in [-0.05, 0) is 23.8 Å². The maximum atomic E-state index is 12.9. The number of hydrogen-bond acceptors (Lipinski definition) is 4. The van der Waals surface area contributed by atoms with E-state index in [1.54, 1.807) is 12.1 Å². The lowest BCUT2D eigenvalue weighted by atomic mass is 10.0. The first-order valence-corrected chi connectivity index (χ1v) is 8.20. The molecule has 1 aromatic heterocycles. The van der Waals surface area contributed by atoms with Crippen molar-refractivity contribution in [2.24, 2.45) is 0 Å². The van der Waals surface area contributed by atoms with Gasteiger partial charge in [-0.3, -0.25) is 4.79 Å². The highest BCUT2D eigenvalue weighted by molar-refractivity contribution is 6.09. The summed E-state index contributed by atoms with van der Waals surface area (Å²) in [5, 5.41) is 0. The first kappa shape index (κ1) is 17.6. The number of benzene rings is 2. The predicted octanol–water partition coefficient (Wildman–Crippen LogP) is 3.79. The van der Waals surface area contributed by atoms with E-state index in [-0.39, 0.29) is 5.78 Å². The zero-order valence-electron chi connectivity index (χ0n) is 15.1. The fourth-order valence-corrected chi connectivity index (χ4v) is 2.85. The summed E-state index contributed by atoms with van der Waals surface area (Å²) in [5.74, 6) is 1.28. The molecule has 0 amide bonds. The number of nitrogens with zero attached hydrogens (tertiary/aromatic N) is 1. The van der Waals surface area contributed by atoms with Crippen molar-refractivity contribution in [3.8, 4) is 17.2 Å². The molecule has 5 heteroatoms. The Morgan fingerprint density at radius 3 is 2.12 bits per heavy atom. The summed E-state index contributed by atoms with van der Waals surface area (Å²) in [7, 11) is 4.59. The number of rotatable bonds is 7. The van der Waals surface area contributed by atoms with Gasteiger partial charge in [0.05, 0.1) is 21.3 Å². The van der Waals surface area contributed by atoms with Gasteiger partial charge in [-0.15, -0.1) is 0 Å².